The van der Waals surface area contributed by atoms with Crippen LogP contribution in [-0.2, 0) is 19.7 Å². The zero-order chi connectivity index (χ0) is 18.6. The molecule has 8 heteroatoms. The molecule has 3 rings (SSSR count). The molecule has 1 aromatic carbocycles. The molecule has 0 radical (unpaired) electrons. The fourth-order valence-electron chi connectivity index (χ4n) is 3.43. The Bertz CT molecular complexity index is 774. The Kier molecular flexibility index (Phi) is 4.06. The number of hydrogen-bond acceptors (Lipinski definition) is 4. The van der Waals surface area contributed by atoms with E-state index in [0.717, 1.165) is 10.0 Å². The Morgan fingerprint density at radius 2 is 2.08 bits per heavy atom. The molecule has 0 aromatic heterocycles. The summed E-state index contributed by atoms with van der Waals surface area (Å²) in [5, 5.41) is 2.84. The van der Waals surface area contributed by atoms with Crippen molar-refractivity contribution in [2.24, 2.45) is 5.73 Å². The first-order valence-corrected chi connectivity index (χ1v) is 8.73. The van der Waals surface area contributed by atoms with E-state index < -0.39 is 29.1 Å². The van der Waals surface area contributed by atoms with Gasteiger partial charge in [-0.2, -0.15) is 0 Å². The van der Waals surface area contributed by atoms with Crippen molar-refractivity contribution in [3.63, 3.8) is 0 Å². The van der Waals surface area contributed by atoms with Crippen molar-refractivity contribution in [2.45, 2.75) is 44.2 Å². The van der Waals surface area contributed by atoms with Gasteiger partial charge in [-0.05, 0) is 44.9 Å². The molecule has 3 N–H and O–H groups in total. The van der Waals surface area contributed by atoms with Crippen molar-refractivity contribution >= 4 is 39.5 Å². The van der Waals surface area contributed by atoms with Crippen molar-refractivity contribution in [2.75, 3.05) is 11.9 Å². The van der Waals surface area contributed by atoms with Gasteiger partial charge in [-0.15, -0.1) is 0 Å². The van der Waals surface area contributed by atoms with Crippen LogP contribution >= 0.6 is 15.9 Å². The summed E-state index contributed by atoms with van der Waals surface area (Å²) < 4.78 is 6.22. The van der Waals surface area contributed by atoms with Gasteiger partial charge < -0.3 is 15.8 Å². The first kappa shape index (κ1) is 17.7. The van der Waals surface area contributed by atoms with Crippen LogP contribution in [0.3, 0.4) is 0 Å². The summed E-state index contributed by atoms with van der Waals surface area (Å²) >= 11 is 3.38. The summed E-state index contributed by atoms with van der Waals surface area (Å²) in [5.41, 5.74) is 5.23. The van der Waals surface area contributed by atoms with Crippen LogP contribution < -0.4 is 11.1 Å². The monoisotopic (exact) mass is 409 g/mol. The molecule has 2 atom stereocenters. The SMILES string of the molecule is CC(C)(C)OC(=O)N1C[C@]2(C[C@H]1C(N)=O)C(=O)Nc1cc(Br)ccc12. The maximum absolute atomic E-state index is 12.7. The molecule has 1 saturated heterocycles. The average Bonchev–Trinajstić information content (AvgIpc) is 2.98. The van der Waals surface area contributed by atoms with Gasteiger partial charge in [0.05, 0.1) is 5.41 Å². The largest absolute Gasteiger partial charge is 0.444 e. The zero-order valence-electron chi connectivity index (χ0n) is 14.3. The molecule has 3 amide bonds. The number of amides is 3. The molecule has 25 heavy (non-hydrogen) atoms. The fraction of sp³-hybridized carbons (Fsp3) is 0.471. The van der Waals surface area contributed by atoms with E-state index >= 15 is 0 Å². The number of nitrogens with zero attached hydrogens (tertiary/aromatic N) is 1. The summed E-state index contributed by atoms with van der Waals surface area (Å²) in [7, 11) is 0. The second-order valence-corrected chi connectivity index (χ2v) is 8.37. The predicted molar refractivity (Wildman–Crippen MR) is 95.0 cm³/mol. The number of carbonyl (C=O) groups excluding carboxylic acids is 3. The number of ether oxygens (including phenoxy) is 1. The van der Waals surface area contributed by atoms with Crippen LogP contribution in [-0.4, -0.2) is 41.0 Å². The lowest BCUT2D eigenvalue weighted by atomic mass is 9.79. The lowest BCUT2D eigenvalue weighted by Gasteiger charge is -2.27. The lowest BCUT2D eigenvalue weighted by molar-refractivity contribution is -0.122. The van der Waals surface area contributed by atoms with Gasteiger partial charge >= 0.3 is 6.09 Å². The molecular weight excluding hydrogens is 390 g/mol. The van der Waals surface area contributed by atoms with Crippen LogP contribution in [0.2, 0.25) is 0 Å². The first-order valence-electron chi connectivity index (χ1n) is 7.94. The number of carbonyl (C=O) groups is 3. The van der Waals surface area contributed by atoms with Gasteiger partial charge in [0.1, 0.15) is 11.6 Å². The molecule has 2 aliphatic rings. The smallest absolute Gasteiger partial charge is 0.411 e. The molecule has 1 fully saturated rings. The van der Waals surface area contributed by atoms with Gasteiger partial charge in [0.2, 0.25) is 11.8 Å². The Morgan fingerprint density at radius 3 is 2.68 bits per heavy atom. The maximum Gasteiger partial charge on any atom is 0.411 e. The standard InChI is InChI=1S/C17H20BrN3O4/c1-16(2,3)25-15(24)21-8-17(7-12(21)13(19)22)10-5-4-9(18)6-11(10)20-14(17)23/h4-6,12H,7-8H2,1-3H3,(H2,19,22)(H,20,23)/t12-,17-/m0/s1. The molecule has 1 aromatic rings. The number of fused-ring (bicyclic) bond motifs is 2. The number of hydrogen-bond donors (Lipinski definition) is 2. The highest BCUT2D eigenvalue weighted by Gasteiger charge is 2.57. The summed E-state index contributed by atoms with van der Waals surface area (Å²) in [4.78, 5) is 38.5. The number of likely N-dealkylation sites (tertiary alicyclic amines) is 1. The van der Waals surface area contributed by atoms with Crippen LogP contribution in [0, 0.1) is 0 Å². The van der Waals surface area contributed by atoms with Crippen LogP contribution in [0.25, 0.3) is 0 Å². The van der Waals surface area contributed by atoms with E-state index in [1.807, 2.05) is 12.1 Å². The Balaban J connectivity index is 1.99. The molecule has 134 valence electrons. The van der Waals surface area contributed by atoms with E-state index in [1.165, 1.54) is 4.90 Å². The highest BCUT2D eigenvalue weighted by atomic mass is 79.9. The van der Waals surface area contributed by atoms with Crippen LogP contribution in [0.5, 0.6) is 0 Å². The molecule has 2 aliphatic heterocycles. The van der Waals surface area contributed by atoms with Crippen LogP contribution in [0.1, 0.15) is 32.8 Å². The van der Waals surface area contributed by atoms with Crippen molar-refractivity contribution < 1.29 is 19.1 Å². The van der Waals surface area contributed by atoms with Gasteiger partial charge in [0, 0.05) is 16.7 Å². The number of nitrogens with two attached hydrogens (primary N) is 1. The van der Waals surface area contributed by atoms with Gasteiger partial charge in [-0.1, -0.05) is 22.0 Å². The average molecular weight is 410 g/mol. The van der Waals surface area contributed by atoms with Crippen molar-refractivity contribution in [3.05, 3.63) is 28.2 Å². The summed E-state index contributed by atoms with van der Waals surface area (Å²) in [5.74, 6) is -0.890. The molecule has 0 unspecified atom stereocenters. The summed E-state index contributed by atoms with van der Waals surface area (Å²) in [6.45, 7) is 5.28. The molecular formula is C17H20BrN3O4. The summed E-state index contributed by atoms with van der Waals surface area (Å²) in [6.07, 6.45) is -0.506. The number of halogens is 1. The number of nitrogens with one attached hydrogen (secondary N) is 1. The number of primary amides is 1. The van der Waals surface area contributed by atoms with Crippen molar-refractivity contribution in [1.29, 1.82) is 0 Å². The van der Waals surface area contributed by atoms with Crippen molar-refractivity contribution in [3.8, 4) is 0 Å². The normalized spacial score (nSPS) is 25.0. The van der Waals surface area contributed by atoms with Gasteiger partial charge in [0.25, 0.3) is 0 Å². The molecule has 7 nitrogen and oxygen atoms in total. The molecule has 0 aliphatic carbocycles. The molecule has 2 heterocycles. The number of anilines is 1. The minimum atomic E-state index is -0.993. The Hall–Kier alpha value is -2.09. The first-order chi connectivity index (χ1) is 11.5. The third-order valence-corrected chi connectivity index (χ3v) is 4.99. The second kappa shape index (κ2) is 5.72. The topological polar surface area (TPSA) is 102 Å². The molecule has 0 saturated carbocycles. The zero-order valence-corrected chi connectivity index (χ0v) is 15.8. The van der Waals surface area contributed by atoms with Crippen molar-refractivity contribution in [1.82, 2.24) is 4.90 Å². The molecule has 0 bridgehead atoms. The van der Waals surface area contributed by atoms with E-state index in [-0.39, 0.29) is 18.9 Å². The van der Waals surface area contributed by atoms with E-state index in [2.05, 4.69) is 21.2 Å². The quantitative estimate of drug-likeness (QED) is 0.741. The van der Waals surface area contributed by atoms with Crippen LogP contribution in [0.15, 0.2) is 22.7 Å². The minimum Gasteiger partial charge on any atom is -0.444 e. The highest BCUT2D eigenvalue weighted by Crippen LogP contribution is 2.47. The highest BCUT2D eigenvalue weighted by molar-refractivity contribution is 9.10. The molecule has 1 spiro atoms. The second-order valence-electron chi connectivity index (χ2n) is 7.46. The lowest BCUT2D eigenvalue weighted by Crippen LogP contribution is -2.46. The summed E-state index contributed by atoms with van der Waals surface area (Å²) in [6, 6.07) is 4.57. The van der Waals surface area contributed by atoms with Gasteiger partial charge in [0.15, 0.2) is 0 Å². The Labute approximate surface area is 154 Å². The third kappa shape index (κ3) is 2.99. The minimum absolute atomic E-state index is 0.0516. The maximum atomic E-state index is 12.7. The van der Waals surface area contributed by atoms with E-state index in [0.29, 0.717) is 5.69 Å². The van der Waals surface area contributed by atoms with Gasteiger partial charge in [-0.3, -0.25) is 14.5 Å². The third-order valence-electron chi connectivity index (χ3n) is 4.49. The van der Waals surface area contributed by atoms with E-state index in [1.54, 1.807) is 26.8 Å². The van der Waals surface area contributed by atoms with E-state index in [4.69, 9.17) is 10.5 Å². The number of benzene rings is 1. The fourth-order valence-corrected chi connectivity index (χ4v) is 3.79. The number of rotatable bonds is 1. The van der Waals surface area contributed by atoms with E-state index in [9.17, 15) is 14.4 Å². The van der Waals surface area contributed by atoms with Gasteiger partial charge in [-0.25, -0.2) is 4.79 Å². The predicted octanol–water partition coefficient (Wildman–Crippen LogP) is 2.13. The van der Waals surface area contributed by atoms with Crippen LogP contribution in [0.4, 0.5) is 10.5 Å². The Morgan fingerprint density at radius 1 is 1.40 bits per heavy atom.